The normalized spacial score (nSPS) is 14.4. The van der Waals surface area contributed by atoms with Crippen LogP contribution in [0.5, 0.6) is 0 Å². The van der Waals surface area contributed by atoms with Gasteiger partial charge in [0.05, 0.1) is 6.33 Å². The second kappa shape index (κ2) is 11.5. The van der Waals surface area contributed by atoms with Crippen molar-refractivity contribution in [2.45, 2.75) is 44.7 Å². The number of hydrogen-bond acceptors (Lipinski definition) is 4. The van der Waals surface area contributed by atoms with Crippen LogP contribution in [0.25, 0.3) is 0 Å². The predicted octanol–water partition coefficient (Wildman–Crippen LogP) is 4.10. The molecule has 0 spiro atoms. The number of imidazole rings is 1. The molecule has 3 aromatic rings. The van der Waals surface area contributed by atoms with Crippen LogP contribution in [0.1, 0.15) is 31.2 Å². The molecule has 1 amide bonds. The average molecular weight is 432 g/mol. The maximum atomic E-state index is 12.4. The molecule has 168 valence electrons. The Morgan fingerprint density at radius 3 is 2.69 bits per heavy atom. The van der Waals surface area contributed by atoms with Gasteiger partial charge in [0.2, 0.25) is 5.91 Å². The van der Waals surface area contributed by atoms with E-state index in [0.29, 0.717) is 12.5 Å². The second-order valence-corrected chi connectivity index (χ2v) is 8.45. The third-order valence-corrected chi connectivity index (χ3v) is 6.06. The van der Waals surface area contributed by atoms with Gasteiger partial charge in [0.1, 0.15) is 0 Å². The molecule has 32 heavy (non-hydrogen) atoms. The zero-order valence-electron chi connectivity index (χ0n) is 18.6. The van der Waals surface area contributed by atoms with Crippen molar-refractivity contribution in [3.8, 4) is 0 Å². The van der Waals surface area contributed by atoms with E-state index in [2.05, 4.69) is 49.4 Å². The molecule has 1 aliphatic heterocycles. The Hall–Kier alpha value is -3.12. The highest BCUT2D eigenvalue weighted by atomic mass is 16.1. The van der Waals surface area contributed by atoms with Crippen LogP contribution in [-0.2, 0) is 17.8 Å². The van der Waals surface area contributed by atoms with Gasteiger partial charge in [-0.15, -0.1) is 0 Å². The Kier molecular flexibility index (Phi) is 7.93. The summed E-state index contributed by atoms with van der Waals surface area (Å²) in [7, 11) is 0. The summed E-state index contributed by atoms with van der Waals surface area (Å²) in [5, 5.41) is 6.74. The van der Waals surface area contributed by atoms with E-state index >= 15 is 0 Å². The quantitative estimate of drug-likeness (QED) is 0.507. The average Bonchev–Trinajstić information content (AvgIpc) is 3.34. The Bertz CT molecular complexity index is 949. The number of anilines is 2. The Morgan fingerprint density at radius 1 is 1.06 bits per heavy atom. The summed E-state index contributed by atoms with van der Waals surface area (Å²) in [4.78, 5) is 18.9. The maximum Gasteiger partial charge on any atom is 0.224 e. The van der Waals surface area contributed by atoms with Crippen LogP contribution in [-0.4, -0.2) is 41.1 Å². The monoisotopic (exact) mass is 431 g/mol. The van der Waals surface area contributed by atoms with E-state index in [4.69, 9.17) is 0 Å². The van der Waals surface area contributed by atoms with Crippen molar-refractivity contribution in [1.29, 1.82) is 0 Å². The number of benzene rings is 2. The van der Waals surface area contributed by atoms with Crippen LogP contribution >= 0.6 is 0 Å². The minimum Gasteiger partial charge on any atom is -0.371 e. The summed E-state index contributed by atoms with van der Waals surface area (Å²) < 4.78 is 2.10. The molecule has 2 aromatic carbocycles. The van der Waals surface area contributed by atoms with Gasteiger partial charge in [-0.2, -0.15) is 0 Å². The fourth-order valence-electron chi connectivity index (χ4n) is 4.26. The number of nitrogens with zero attached hydrogens (tertiary/aromatic N) is 3. The summed E-state index contributed by atoms with van der Waals surface area (Å²) in [6, 6.07) is 19.1. The van der Waals surface area contributed by atoms with E-state index < -0.39 is 0 Å². The number of hydrogen-bond donors (Lipinski definition) is 2. The molecular weight excluding hydrogens is 398 g/mol. The standard InChI is InChI=1S/C26H33N5O/c32-26(11-4-8-22-6-2-1-3-7-22)29-24-9-5-10-25(20-24)31-16-12-23(13-17-31)28-15-19-30-18-14-27-21-30/h1-3,5-7,9-10,14,18,20-21,23,28H,4,8,11-13,15-17,19H2,(H,29,32). The van der Waals surface area contributed by atoms with E-state index in [1.807, 2.05) is 49.1 Å². The van der Waals surface area contributed by atoms with Gasteiger partial charge in [0, 0.05) is 62.4 Å². The lowest BCUT2D eigenvalue weighted by atomic mass is 10.0. The summed E-state index contributed by atoms with van der Waals surface area (Å²) >= 11 is 0. The van der Waals surface area contributed by atoms with Gasteiger partial charge in [-0.3, -0.25) is 4.79 Å². The summed E-state index contributed by atoms with van der Waals surface area (Å²) in [5.41, 5.74) is 3.35. The van der Waals surface area contributed by atoms with Gasteiger partial charge in [0.25, 0.3) is 0 Å². The number of carbonyl (C=O) groups excluding carboxylic acids is 1. The van der Waals surface area contributed by atoms with E-state index in [1.165, 1.54) is 11.3 Å². The van der Waals surface area contributed by atoms with Gasteiger partial charge >= 0.3 is 0 Å². The van der Waals surface area contributed by atoms with E-state index in [9.17, 15) is 4.79 Å². The number of aromatic nitrogens is 2. The van der Waals surface area contributed by atoms with E-state index in [0.717, 1.165) is 57.5 Å². The molecule has 1 aliphatic rings. The van der Waals surface area contributed by atoms with Gasteiger partial charge in [0.15, 0.2) is 0 Å². The van der Waals surface area contributed by atoms with Gasteiger partial charge < -0.3 is 20.1 Å². The molecule has 0 saturated carbocycles. The van der Waals surface area contributed by atoms with Crippen molar-refractivity contribution in [2.75, 3.05) is 29.9 Å². The van der Waals surface area contributed by atoms with Gasteiger partial charge in [-0.25, -0.2) is 4.98 Å². The van der Waals surface area contributed by atoms with Gasteiger partial charge in [-0.1, -0.05) is 36.4 Å². The summed E-state index contributed by atoms with van der Waals surface area (Å²) in [6.45, 7) is 3.97. The molecule has 4 rings (SSSR count). The first-order chi connectivity index (χ1) is 15.8. The first kappa shape index (κ1) is 22.1. The number of carbonyl (C=O) groups is 1. The zero-order chi connectivity index (χ0) is 22.0. The smallest absolute Gasteiger partial charge is 0.224 e. The Morgan fingerprint density at radius 2 is 1.91 bits per heavy atom. The first-order valence-corrected chi connectivity index (χ1v) is 11.6. The van der Waals surface area contributed by atoms with Crippen LogP contribution in [0.2, 0.25) is 0 Å². The fourth-order valence-corrected chi connectivity index (χ4v) is 4.26. The SMILES string of the molecule is O=C(CCCc1ccccc1)Nc1cccc(N2CCC(NCCn3ccnc3)CC2)c1. The van der Waals surface area contributed by atoms with Crippen molar-refractivity contribution < 1.29 is 4.79 Å². The largest absolute Gasteiger partial charge is 0.371 e. The lowest BCUT2D eigenvalue weighted by molar-refractivity contribution is -0.116. The molecule has 0 bridgehead atoms. The molecule has 0 unspecified atom stereocenters. The summed E-state index contributed by atoms with van der Waals surface area (Å²) in [6.07, 6.45) is 10.3. The number of aryl methyl sites for hydroxylation is 1. The molecule has 1 fully saturated rings. The highest BCUT2D eigenvalue weighted by molar-refractivity contribution is 5.91. The van der Waals surface area contributed by atoms with Gasteiger partial charge in [-0.05, 0) is 49.4 Å². The molecule has 1 saturated heterocycles. The van der Waals surface area contributed by atoms with Crippen LogP contribution in [0.15, 0.2) is 73.3 Å². The molecule has 6 nitrogen and oxygen atoms in total. The van der Waals surface area contributed by atoms with Crippen molar-refractivity contribution in [3.63, 3.8) is 0 Å². The molecule has 0 radical (unpaired) electrons. The first-order valence-electron chi connectivity index (χ1n) is 11.6. The number of amides is 1. The second-order valence-electron chi connectivity index (χ2n) is 8.45. The lowest BCUT2D eigenvalue weighted by Crippen LogP contribution is -2.43. The third-order valence-electron chi connectivity index (χ3n) is 6.06. The predicted molar refractivity (Wildman–Crippen MR) is 130 cm³/mol. The minimum atomic E-state index is 0.0823. The highest BCUT2D eigenvalue weighted by Crippen LogP contribution is 2.23. The molecular formula is C26H33N5O. The topological polar surface area (TPSA) is 62.2 Å². The summed E-state index contributed by atoms with van der Waals surface area (Å²) in [5.74, 6) is 0.0823. The van der Waals surface area contributed by atoms with E-state index in [1.54, 1.807) is 0 Å². The molecule has 1 aromatic heterocycles. The highest BCUT2D eigenvalue weighted by Gasteiger charge is 2.19. The van der Waals surface area contributed by atoms with Crippen molar-refractivity contribution in [2.24, 2.45) is 0 Å². The van der Waals surface area contributed by atoms with Crippen LogP contribution < -0.4 is 15.5 Å². The molecule has 2 heterocycles. The number of nitrogens with one attached hydrogen (secondary N) is 2. The maximum absolute atomic E-state index is 12.4. The Balaban J connectivity index is 1.18. The molecule has 6 heteroatoms. The number of rotatable bonds is 10. The lowest BCUT2D eigenvalue weighted by Gasteiger charge is -2.34. The fraction of sp³-hybridized carbons (Fsp3) is 0.385. The zero-order valence-corrected chi connectivity index (χ0v) is 18.6. The molecule has 0 atom stereocenters. The molecule has 2 N–H and O–H groups in total. The third kappa shape index (κ3) is 6.69. The van der Waals surface area contributed by atoms with Crippen LogP contribution in [0.4, 0.5) is 11.4 Å². The number of piperidine rings is 1. The van der Waals surface area contributed by atoms with Crippen molar-refractivity contribution >= 4 is 17.3 Å². The van der Waals surface area contributed by atoms with E-state index in [-0.39, 0.29) is 5.91 Å². The van der Waals surface area contributed by atoms with Crippen LogP contribution in [0.3, 0.4) is 0 Å². The van der Waals surface area contributed by atoms with Crippen molar-refractivity contribution in [1.82, 2.24) is 14.9 Å². The van der Waals surface area contributed by atoms with Crippen LogP contribution in [0, 0.1) is 0 Å². The molecule has 0 aliphatic carbocycles. The Labute approximate surface area is 190 Å². The van der Waals surface area contributed by atoms with Crippen molar-refractivity contribution in [3.05, 3.63) is 78.9 Å². The minimum absolute atomic E-state index is 0.0823.